The van der Waals surface area contributed by atoms with Crippen molar-refractivity contribution in [1.82, 2.24) is 0 Å². The average molecular weight is 448 g/mol. The lowest BCUT2D eigenvalue weighted by Gasteiger charge is -2.25. The molecule has 7 heteroatoms. The molecule has 0 radical (unpaired) electrons. The number of sulfonamides is 1. The summed E-state index contributed by atoms with van der Waals surface area (Å²) in [6.45, 7) is 5.28. The molecule has 32 heavy (non-hydrogen) atoms. The molecule has 0 aliphatic heterocycles. The van der Waals surface area contributed by atoms with Gasteiger partial charge in [-0.05, 0) is 73.9 Å². The molecule has 3 aromatic rings. The highest BCUT2D eigenvalue weighted by Gasteiger charge is 2.27. The SMILES string of the molecule is Cc1ccc(S(=O)(=O)N(CC(=O)Nc2ccc(CC#N)cc2)c2cc(C)cc(C)c2)cc1. The van der Waals surface area contributed by atoms with Gasteiger partial charge in [-0.3, -0.25) is 9.10 Å². The van der Waals surface area contributed by atoms with Gasteiger partial charge in [0.15, 0.2) is 0 Å². The van der Waals surface area contributed by atoms with Crippen LogP contribution in [0.15, 0.2) is 71.6 Å². The maximum Gasteiger partial charge on any atom is 0.264 e. The zero-order chi connectivity index (χ0) is 23.3. The lowest BCUT2D eigenvalue weighted by atomic mass is 10.1. The second kappa shape index (κ2) is 9.67. The van der Waals surface area contributed by atoms with Crippen LogP contribution in [-0.4, -0.2) is 20.9 Å². The quantitative estimate of drug-likeness (QED) is 0.577. The predicted molar refractivity (Wildman–Crippen MR) is 126 cm³/mol. The van der Waals surface area contributed by atoms with E-state index in [9.17, 15) is 13.2 Å². The summed E-state index contributed by atoms with van der Waals surface area (Å²) in [5.74, 6) is -0.465. The van der Waals surface area contributed by atoms with Crippen molar-refractivity contribution in [2.45, 2.75) is 32.1 Å². The van der Waals surface area contributed by atoms with Gasteiger partial charge in [0.2, 0.25) is 5.91 Å². The van der Waals surface area contributed by atoms with Crippen molar-refractivity contribution >= 4 is 27.3 Å². The predicted octanol–water partition coefficient (Wildman–Crippen LogP) is 4.51. The van der Waals surface area contributed by atoms with E-state index in [1.807, 2.05) is 26.8 Å². The van der Waals surface area contributed by atoms with Gasteiger partial charge in [0.25, 0.3) is 10.0 Å². The van der Waals surface area contributed by atoms with Crippen molar-refractivity contribution in [3.8, 4) is 6.07 Å². The Bertz CT molecular complexity index is 1240. The van der Waals surface area contributed by atoms with Gasteiger partial charge < -0.3 is 5.32 Å². The molecule has 0 aliphatic carbocycles. The number of amides is 1. The number of nitrogens with one attached hydrogen (secondary N) is 1. The molecule has 0 saturated heterocycles. The molecule has 0 spiro atoms. The number of nitriles is 1. The Balaban J connectivity index is 1.92. The summed E-state index contributed by atoms with van der Waals surface area (Å²) in [5.41, 5.74) is 4.55. The van der Waals surface area contributed by atoms with Crippen molar-refractivity contribution in [2.75, 3.05) is 16.2 Å². The van der Waals surface area contributed by atoms with E-state index < -0.39 is 15.9 Å². The first kappa shape index (κ1) is 23.0. The van der Waals surface area contributed by atoms with Gasteiger partial charge in [-0.1, -0.05) is 35.9 Å². The maximum absolute atomic E-state index is 13.5. The van der Waals surface area contributed by atoms with Gasteiger partial charge in [0, 0.05) is 5.69 Å². The molecule has 0 atom stereocenters. The molecule has 3 rings (SSSR count). The van der Waals surface area contributed by atoms with E-state index >= 15 is 0 Å². The first-order valence-electron chi connectivity index (χ1n) is 10.1. The highest BCUT2D eigenvalue weighted by atomic mass is 32.2. The third-order valence-electron chi connectivity index (χ3n) is 4.91. The van der Waals surface area contributed by atoms with Crippen LogP contribution < -0.4 is 9.62 Å². The third-order valence-corrected chi connectivity index (χ3v) is 6.70. The van der Waals surface area contributed by atoms with Crippen LogP contribution in [0.1, 0.15) is 22.3 Å². The molecule has 164 valence electrons. The fraction of sp³-hybridized carbons (Fsp3) is 0.200. The lowest BCUT2D eigenvalue weighted by molar-refractivity contribution is -0.114. The molecule has 1 N–H and O–H groups in total. The molecule has 1 amide bonds. The molecular weight excluding hydrogens is 422 g/mol. The van der Waals surface area contributed by atoms with E-state index in [1.165, 1.54) is 0 Å². The van der Waals surface area contributed by atoms with Crippen molar-refractivity contribution in [2.24, 2.45) is 0 Å². The molecule has 6 nitrogen and oxygen atoms in total. The normalized spacial score (nSPS) is 10.9. The second-order valence-corrected chi connectivity index (χ2v) is 9.61. The Kier molecular flexibility index (Phi) is 6.96. The van der Waals surface area contributed by atoms with Crippen molar-refractivity contribution < 1.29 is 13.2 Å². The summed E-state index contributed by atoms with van der Waals surface area (Å²) < 4.78 is 28.1. The first-order valence-corrected chi connectivity index (χ1v) is 11.6. The van der Waals surface area contributed by atoms with Crippen LogP contribution in [0.2, 0.25) is 0 Å². The minimum absolute atomic E-state index is 0.121. The van der Waals surface area contributed by atoms with Crippen LogP contribution in [0, 0.1) is 32.1 Å². The molecule has 0 aliphatic rings. The van der Waals surface area contributed by atoms with Gasteiger partial charge in [-0.25, -0.2) is 8.42 Å². The fourth-order valence-electron chi connectivity index (χ4n) is 3.38. The summed E-state index contributed by atoms with van der Waals surface area (Å²) in [5, 5.41) is 11.5. The van der Waals surface area contributed by atoms with Crippen LogP contribution in [0.3, 0.4) is 0 Å². The fourth-order valence-corrected chi connectivity index (χ4v) is 4.78. The van der Waals surface area contributed by atoms with Crippen molar-refractivity contribution in [3.63, 3.8) is 0 Å². The Hall–Kier alpha value is -3.63. The van der Waals surface area contributed by atoms with Crippen LogP contribution >= 0.6 is 0 Å². The Labute approximate surface area is 189 Å². The van der Waals surface area contributed by atoms with Crippen LogP contribution in [0.25, 0.3) is 0 Å². The topological polar surface area (TPSA) is 90.3 Å². The second-order valence-electron chi connectivity index (χ2n) is 7.75. The summed E-state index contributed by atoms with van der Waals surface area (Å²) >= 11 is 0. The van der Waals surface area contributed by atoms with Gasteiger partial charge >= 0.3 is 0 Å². The molecule has 0 bridgehead atoms. The molecule has 0 fully saturated rings. The van der Waals surface area contributed by atoms with Crippen molar-refractivity contribution in [1.29, 1.82) is 5.26 Å². The minimum atomic E-state index is -3.97. The zero-order valence-electron chi connectivity index (χ0n) is 18.3. The molecule has 0 saturated carbocycles. The van der Waals surface area contributed by atoms with E-state index in [1.54, 1.807) is 60.7 Å². The van der Waals surface area contributed by atoms with Crippen LogP contribution in [0.4, 0.5) is 11.4 Å². The highest BCUT2D eigenvalue weighted by Crippen LogP contribution is 2.26. The number of hydrogen-bond acceptors (Lipinski definition) is 4. The van der Waals surface area contributed by atoms with E-state index in [0.29, 0.717) is 11.4 Å². The van der Waals surface area contributed by atoms with E-state index in [4.69, 9.17) is 5.26 Å². The zero-order valence-corrected chi connectivity index (χ0v) is 19.1. The average Bonchev–Trinajstić information content (AvgIpc) is 2.73. The molecule has 0 aromatic heterocycles. The number of aryl methyl sites for hydroxylation is 3. The standard InChI is InChI=1S/C25H25N3O3S/c1-18-4-10-24(11-5-18)32(30,31)28(23-15-19(2)14-20(3)16-23)17-25(29)27-22-8-6-21(7-9-22)12-13-26/h4-11,14-16H,12,17H2,1-3H3,(H,27,29). The van der Waals surface area contributed by atoms with E-state index in [0.717, 1.165) is 26.6 Å². The van der Waals surface area contributed by atoms with Gasteiger partial charge in [0.1, 0.15) is 6.54 Å². The third kappa shape index (κ3) is 5.54. The summed E-state index contributed by atoms with van der Waals surface area (Å²) in [6.07, 6.45) is 0.281. The number of anilines is 2. The number of carbonyl (C=O) groups excluding carboxylic acids is 1. The number of nitrogens with zero attached hydrogens (tertiary/aromatic N) is 2. The van der Waals surface area contributed by atoms with Gasteiger partial charge in [0.05, 0.1) is 23.1 Å². The smallest absolute Gasteiger partial charge is 0.264 e. The largest absolute Gasteiger partial charge is 0.325 e. The van der Waals surface area contributed by atoms with Crippen LogP contribution in [-0.2, 0) is 21.2 Å². The lowest BCUT2D eigenvalue weighted by Crippen LogP contribution is -2.38. The van der Waals surface area contributed by atoms with Crippen molar-refractivity contribution in [3.05, 3.63) is 89.0 Å². The van der Waals surface area contributed by atoms with E-state index in [2.05, 4.69) is 11.4 Å². The Morgan fingerprint density at radius 2 is 1.50 bits per heavy atom. The van der Waals surface area contributed by atoms with Crippen LogP contribution in [0.5, 0.6) is 0 Å². The summed E-state index contributed by atoms with van der Waals surface area (Å²) in [4.78, 5) is 13.0. The maximum atomic E-state index is 13.5. The molecular formula is C25H25N3O3S. The molecule has 3 aromatic carbocycles. The summed E-state index contributed by atoms with van der Waals surface area (Å²) in [6, 6.07) is 21.0. The van der Waals surface area contributed by atoms with E-state index in [-0.39, 0.29) is 17.9 Å². The van der Waals surface area contributed by atoms with Gasteiger partial charge in [-0.15, -0.1) is 0 Å². The number of benzene rings is 3. The number of carbonyl (C=O) groups is 1. The van der Waals surface area contributed by atoms with Gasteiger partial charge in [-0.2, -0.15) is 5.26 Å². The highest BCUT2D eigenvalue weighted by molar-refractivity contribution is 7.92. The Morgan fingerprint density at radius 1 is 0.906 bits per heavy atom. The first-order chi connectivity index (χ1) is 15.2. The molecule has 0 unspecified atom stereocenters. The Morgan fingerprint density at radius 3 is 2.06 bits per heavy atom. The minimum Gasteiger partial charge on any atom is -0.325 e. The monoisotopic (exact) mass is 447 g/mol. The molecule has 0 heterocycles. The number of rotatable bonds is 7. The number of hydrogen-bond donors (Lipinski definition) is 1. The summed E-state index contributed by atoms with van der Waals surface area (Å²) in [7, 11) is -3.97.